The van der Waals surface area contributed by atoms with Gasteiger partial charge in [0.15, 0.2) is 0 Å². The first-order valence-corrected chi connectivity index (χ1v) is 9.51. The third-order valence-electron chi connectivity index (χ3n) is 5.64. The molecule has 0 heterocycles. The van der Waals surface area contributed by atoms with Crippen LogP contribution in [0.5, 0.6) is 0 Å². The van der Waals surface area contributed by atoms with E-state index in [1.807, 2.05) is 111 Å². The topological polar surface area (TPSA) is 40.5 Å². The molecule has 0 bridgehead atoms. The van der Waals surface area contributed by atoms with Crippen molar-refractivity contribution >= 4 is 10.8 Å². The Morgan fingerprint density at radius 2 is 0.821 bits per heavy atom. The fourth-order valence-electron chi connectivity index (χ4n) is 4.00. The molecule has 0 aliphatic carbocycles. The molecule has 0 amide bonds. The van der Waals surface area contributed by atoms with E-state index >= 15 is 0 Å². The van der Waals surface area contributed by atoms with Gasteiger partial charge in [-0.1, -0.05) is 97.1 Å². The summed E-state index contributed by atoms with van der Waals surface area (Å²) in [6, 6.07) is 31.2. The van der Waals surface area contributed by atoms with Gasteiger partial charge < -0.3 is 10.2 Å². The largest absolute Gasteiger partial charge is 0.381 e. The number of aliphatic hydroxyl groups is 2. The van der Waals surface area contributed by atoms with Crippen LogP contribution in [0.3, 0.4) is 0 Å². The summed E-state index contributed by atoms with van der Waals surface area (Å²) in [4.78, 5) is 0. The van der Waals surface area contributed by atoms with Crippen LogP contribution in [0.25, 0.3) is 10.8 Å². The van der Waals surface area contributed by atoms with Crippen molar-refractivity contribution in [2.45, 2.75) is 25.0 Å². The number of rotatable bonds is 4. The molecular weight excluding hydrogens is 344 g/mol. The summed E-state index contributed by atoms with van der Waals surface area (Å²) in [5.74, 6) is 0. The van der Waals surface area contributed by atoms with Crippen LogP contribution >= 0.6 is 0 Å². The average Bonchev–Trinajstić information content (AvgIpc) is 2.74. The van der Waals surface area contributed by atoms with Crippen molar-refractivity contribution in [3.8, 4) is 0 Å². The average molecular weight is 368 g/mol. The van der Waals surface area contributed by atoms with Gasteiger partial charge in [0, 0.05) is 0 Å². The quantitative estimate of drug-likeness (QED) is 0.510. The normalized spacial score (nSPS) is 15.7. The third-order valence-corrected chi connectivity index (χ3v) is 5.64. The lowest BCUT2D eigenvalue weighted by Gasteiger charge is -2.29. The summed E-state index contributed by atoms with van der Waals surface area (Å²) in [6.07, 6.45) is 0. The minimum atomic E-state index is -1.14. The van der Waals surface area contributed by atoms with E-state index in [0.717, 1.165) is 33.0 Å². The highest BCUT2D eigenvalue weighted by atomic mass is 16.3. The van der Waals surface area contributed by atoms with Crippen LogP contribution in [0.15, 0.2) is 97.1 Å². The van der Waals surface area contributed by atoms with Crippen LogP contribution < -0.4 is 0 Å². The summed E-state index contributed by atoms with van der Waals surface area (Å²) in [5, 5.41) is 24.7. The van der Waals surface area contributed by atoms with Gasteiger partial charge in [-0.05, 0) is 46.9 Å². The molecule has 0 spiro atoms. The first-order chi connectivity index (χ1) is 13.4. The highest BCUT2D eigenvalue weighted by Crippen LogP contribution is 2.39. The Balaban J connectivity index is 1.93. The molecule has 28 heavy (non-hydrogen) atoms. The first-order valence-electron chi connectivity index (χ1n) is 9.51. The lowest BCUT2D eigenvalue weighted by molar-refractivity contribution is 0.102. The van der Waals surface area contributed by atoms with Crippen molar-refractivity contribution in [1.82, 2.24) is 0 Å². The van der Waals surface area contributed by atoms with Gasteiger partial charge in [-0.15, -0.1) is 0 Å². The van der Waals surface area contributed by atoms with Gasteiger partial charge in [0.25, 0.3) is 0 Å². The maximum Gasteiger partial charge on any atom is 0.112 e. The molecular formula is C26H24O2. The summed E-state index contributed by atoms with van der Waals surface area (Å²) in [6.45, 7) is 3.64. The van der Waals surface area contributed by atoms with E-state index < -0.39 is 11.2 Å². The predicted octanol–water partition coefficient (Wildman–Crippen LogP) is 5.35. The van der Waals surface area contributed by atoms with Crippen molar-refractivity contribution in [3.05, 3.63) is 119 Å². The predicted molar refractivity (Wildman–Crippen MR) is 114 cm³/mol. The summed E-state index contributed by atoms with van der Waals surface area (Å²) >= 11 is 0. The van der Waals surface area contributed by atoms with E-state index in [9.17, 15) is 10.2 Å². The van der Waals surface area contributed by atoms with E-state index in [1.54, 1.807) is 0 Å². The molecule has 0 saturated carbocycles. The van der Waals surface area contributed by atoms with E-state index in [2.05, 4.69) is 0 Å². The fraction of sp³-hybridized carbons (Fsp3) is 0.154. The Morgan fingerprint density at radius 1 is 0.464 bits per heavy atom. The Labute approximate surface area is 165 Å². The molecule has 4 rings (SSSR count). The SMILES string of the molecule is CC(O)(c1ccccc1)c1cccc2c(C(C)(O)c3ccccc3)cccc12. The highest BCUT2D eigenvalue weighted by molar-refractivity contribution is 5.90. The van der Waals surface area contributed by atoms with E-state index in [0.29, 0.717) is 0 Å². The van der Waals surface area contributed by atoms with Gasteiger partial charge >= 0.3 is 0 Å². The lowest BCUT2D eigenvalue weighted by atomic mass is 9.81. The van der Waals surface area contributed by atoms with E-state index in [-0.39, 0.29) is 0 Å². The zero-order valence-corrected chi connectivity index (χ0v) is 16.1. The molecule has 2 nitrogen and oxygen atoms in total. The van der Waals surface area contributed by atoms with Gasteiger partial charge in [-0.3, -0.25) is 0 Å². The molecule has 0 radical (unpaired) electrons. The number of benzene rings is 4. The van der Waals surface area contributed by atoms with Crippen LogP contribution in [-0.4, -0.2) is 10.2 Å². The second kappa shape index (κ2) is 6.90. The van der Waals surface area contributed by atoms with Gasteiger partial charge in [0.2, 0.25) is 0 Å². The molecule has 0 aliphatic rings. The molecule has 4 aromatic carbocycles. The third kappa shape index (κ3) is 3.01. The van der Waals surface area contributed by atoms with Crippen molar-refractivity contribution < 1.29 is 10.2 Å². The minimum Gasteiger partial charge on any atom is -0.381 e. The molecule has 2 N–H and O–H groups in total. The van der Waals surface area contributed by atoms with Crippen LogP contribution in [0.1, 0.15) is 36.1 Å². The molecule has 0 fully saturated rings. The lowest BCUT2D eigenvalue weighted by Crippen LogP contribution is -2.25. The van der Waals surface area contributed by atoms with Crippen molar-refractivity contribution in [3.63, 3.8) is 0 Å². The van der Waals surface area contributed by atoms with Crippen molar-refractivity contribution in [2.24, 2.45) is 0 Å². The number of hydrogen-bond acceptors (Lipinski definition) is 2. The van der Waals surface area contributed by atoms with Crippen molar-refractivity contribution in [2.75, 3.05) is 0 Å². The summed E-state index contributed by atoms with van der Waals surface area (Å²) < 4.78 is 0. The Bertz CT molecular complexity index is 1010. The van der Waals surface area contributed by atoms with Crippen LogP contribution in [0, 0.1) is 0 Å². The van der Waals surface area contributed by atoms with Gasteiger partial charge in [0.1, 0.15) is 11.2 Å². The second-order valence-electron chi connectivity index (χ2n) is 7.58. The summed E-state index contributed by atoms with van der Waals surface area (Å²) in [5.41, 5.74) is 1.03. The maximum atomic E-state index is 11.4. The molecule has 0 aliphatic heterocycles. The Hall–Kier alpha value is -2.94. The number of hydrogen-bond donors (Lipinski definition) is 2. The number of fused-ring (bicyclic) bond motifs is 1. The van der Waals surface area contributed by atoms with E-state index in [4.69, 9.17) is 0 Å². The summed E-state index contributed by atoms with van der Waals surface area (Å²) in [7, 11) is 0. The van der Waals surface area contributed by atoms with Crippen LogP contribution in [-0.2, 0) is 11.2 Å². The first kappa shape index (κ1) is 18.4. The van der Waals surface area contributed by atoms with Gasteiger partial charge in [-0.2, -0.15) is 0 Å². The molecule has 0 saturated heterocycles. The standard InChI is InChI=1S/C26H24O2/c1-25(27,19-11-5-3-6-12-19)23-17-9-16-22-21(23)15-10-18-24(22)26(2,28)20-13-7-4-8-14-20/h3-18,27-28H,1-2H3. The molecule has 0 aromatic heterocycles. The molecule has 2 unspecified atom stereocenters. The second-order valence-corrected chi connectivity index (χ2v) is 7.58. The smallest absolute Gasteiger partial charge is 0.112 e. The molecule has 140 valence electrons. The van der Waals surface area contributed by atoms with Crippen LogP contribution in [0.2, 0.25) is 0 Å². The zero-order chi connectivity index (χ0) is 19.8. The van der Waals surface area contributed by atoms with E-state index in [1.165, 1.54) is 0 Å². The molecule has 4 aromatic rings. The Morgan fingerprint density at radius 3 is 1.18 bits per heavy atom. The Kier molecular flexibility index (Phi) is 4.54. The van der Waals surface area contributed by atoms with Gasteiger partial charge in [-0.25, -0.2) is 0 Å². The molecule has 2 atom stereocenters. The van der Waals surface area contributed by atoms with Crippen molar-refractivity contribution in [1.29, 1.82) is 0 Å². The molecule has 2 heteroatoms. The van der Waals surface area contributed by atoms with Gasteiger partial charge in [0.05, 0.1) is 0 Å². The fourth-order valence-corrected chi connectivity index (χ4v) is 4.00. The van der Waals surface area contributed by atoms with Crippen LogP contribution in [0.4, 0.5) is 0 Å². The zero-order valence-electron chi connectivity index (χ0n) is 16.1. The highest BCUT2D eigenvalue weighted by Gasteiger charge is 2.31. The maximum absolute atomic E-state index is 11.4. The minimum absolute atomic E-state index is 0.821. The monoisotopic (exact) mass is 368 g/mol.